The number of nitrogens with zero attached hydrogens (tertiary/aromatic N) is 1. The Hall–Kier alpha value is -2.81. The van der Waals surface area contributed by atoms with Crippen molar-refractivity contribution in [1.29, 1.82) is 0 Å². The van der Waals surface area contributed by atoms with E-state index in [9.17, 15) is 19.0 Å². The normalized spacial score (nSPS) is 14.1. The number of carbonyl (C=O) groups is 2. The Kier molecular flexibility index (Phi) is 59.2. The number of nitrogens with one attached hydrogen (secondary N) is 1. The van der Waals surface area contributed by atoms with Crippen LogP contribution in [0.4, 0.5) is 0 Å². The Balaban J connectivity index is 5.16. The Bertz CT molecular complexity index is 1680. The van der Waals surface area contributed by atoms with Crippen molar-refractivity contribution in [2.45, 2.75) is 322 Å². The average molecular weight is 1170 g/mol. The summed E-state index contributed by atoms with van der Waals surface area (Å²) < 4.78 is 30.7. The standard InChI is InChI=1S/C72H131N2O7P/c1-7-10-13-16-19-22-25-28-30-32-34-35-36-37-38-39-41-43-45-47-50-53-56-59-62-65-72(76)81-70(63-60-57-54-51-48-27-24-21-18-15-12-9-3)69(68-80-82(77,78)79-67-66-74(4,5)6)73-71(75)64-61-58-55-52-49-46-44-42-40-33-31-29-26-23-20-17-14-11-8-2/h11,14,20,23,29,31,40,42,46,49,55,58,60,63,69-70H,7-10,12-13,15-19,21-22,24-28,30,32-39,41,43-45,47-48,50-54,56-57,59,61-62,64-68H2,1-6H3,(H-,73,75,77,78)/p+1/b14-11-,23-20-,31-29-,42-40-,49-46-,58-55-,63-60-. The first-order chi connectivity index (χ1) is 39.9. The molecule has 476 valence electrons. The second-order valence-electron chi connectivity index (χ2n) is 24.3. The first-order valence-electron chi connectivity index (χ1n) is 34.4. The molecule has 0 aliphatic heterocycles. The molecule has 1 amide bonds. The van der Waals surface area contributed by atoms with Gasteiger partial charge in [-0.2, -0.15) is 0 Å². The lowest BCUT2D eigenvalue weighted by atomic mass is 10.0. The molecule has 9 nitrogen and oxygen atoms in total. The number of carbonyl (C=O) groups excluding carboxylic acids is 2. The lowest BCUT2D eigenvalue weighted by Gasteiger charge is -2.27. The van der Waals surface area contributed by atoms with Crippen molar-refractivity contribution in [3.8, 4) is 0 Å². The molecule has 0 spiro atoms. The van der Waals surface area contributed by atoms with E-state index in [1.807, 2.05) is 39.4 Å². The van der Waals surface area contributed by atoms with Gasteiger partial charge in [0.2, 0.25) is 5.91 Å². The molecule has 0 rings (SSSR count). The molecule has 3 unspecified atom stereocenters. The van der Waals surface area contributed by atoms with Crippen LogP contribution in [-0.4, -0.2) is 74.3 Å². The topological polar surface area (TPSA) is 111 Å². The fourth-order valence-corrected chi connectivity index (χ4v) is 10.6. The summed E-state index contributed by atoms with van der Waals surface area (Å²) in [4.78, 5) is 37.8. The summed E-state index contributed by atoms with van der Waals surface area (Å²) in [5, 5.41) is 3.01. The SMILES string of the molecule is CC/C=C\C/C=C\C/C=C\C/C=C\C/C=C\C/C=C\CCC(=O)NC(COP(=O)(O)OCC[N+](C)(C)C)C(/C=C\CCCCCCCCCCCC)OC(=O)CCCCCCCCCCCCCCCCCCCCCCCCCCC. The van der Waals surface area contributed by atoms with Gasteiger partial charge in [0, 0.05) is 12.8 Å². The molecule has 0 heterocycles. The highest BCUT2D eigenvalue weighted by Gasteiger charge is 2.30. The Morgan fingerprint density at radius 3 is 1.17 bits per heavy atom. The maximum Gasteiger partial charge on any atom is 0.472 e. The molecule has 0 aromatic heterocycles. The number of amides is 1. The van der Waals surface area contributed by atoms with Crippen LogP contribution in [0.3, 0.4) is 0 Å². The smallest absolute Gasteiger partial charge is 0.456 e. The molecule has 82 heavy (non-hydrogen) atoms. The number of phosphoric ester groups is 1. The van der Waals surface area contributed by atoms with Crippen molar-refractivity contribution in [3.05, 3.63) is 85.1 Å². The predicted octanol–water partition coefficient (Wildman–Crippen LogP) is 21.7. The largest absolute Gasteiger partial charge is 0.472 e. The fourth-order valence-electron chi connectivity index (χ4n) is 9.85. The molecule has 0 bridgehead atoms. The van der Waals surface area contributed by atoms with Gasteiger partial charge in [-0.25, -0.2) is 4.57 Å². The lowest BCUT2D eigenvalue weighted by molar-refractivity contribution is -0.870. The van der Waals surface area contributed by atoms with Crippen LogP contribution in [0.25, 0.3) is 0 Å². The number of hydrogen-bond donors (Lipinski definition) is 2. The number of hydrogen-bond acceptors (Lipinski definition) is 6. The van der Waals surface area contributed by atoms with E-state index in [4.69, 9.17) is 13.8 Å². The minimum absolute atomic E-state index is 0.0248. The van der Waals surface area contributed by atoms with Gasteiger partial charge in [-0.05, 0) is 70.3 Å². The zero-order chi connectivity index (χ0) is 60.0. The third-order valence-corrected chi connectivity index (χ3v) is 16.1. The van der Waals surface area contributed by atoms with E-state index in [-0.39, 0.29) is 37.9 Å². The number of rotatable bonds is 62. The number of allylic oxidation sites excluding steroid dienone is 13. The van der Waals surface area contributed by atoms with Gasteiger partial charge in [0.15, 0.2) is 0 Å². The maximum atomic E-state index is 13.5. The number of phosphoric acid groups is 1. The summed E-state index contributed by atoms with van der Waals surface area (Å²) in [7, 11) is 1.45. The third kappa shape index (κ3) is 61.7. The highest BCUT2D eigenvalue weighted by atomic mass is 31.2. The number of quaternary nitrogens is 1. The molecule has 0 saturated carbocycles. The van der Waals surface area contributed by atoms with Crippen LogP contribution in [0, 0.1) is 0 Å². The van der Waals surface area contributed by atoms with Crippen molar-refractivity contribution in [3.63, 3.8) is 0 Å². The van der Waals surface area contributed by atoms with Crippen LogP contribution in [0.5, 0.6) is 0 Å². The zero-order valence-corrected chi connectivity index (χ0v) is 55.4. The Morgan fingerprint density at radius 2 is 0.793 bits per heavy atom. The van der Waals surface area contributed by atoms with Gasteiger partial charge in [-0.3, -0.25) is 18.6 Å². The molecule has 0 aliphatic rings. The minimum Gasteiger partial charge on any atom is -0.456 e. The minimum atomic E-state index is -4.47. The molecule has 0 aromatic carbocycles. The number of ether oxygens (including phenoxy) is 1. The van der Waals surface area contributed by atoms with Crippen LogP contribution >= 0.6 is 7.82 Å². The van der Waals surface area contributed by atoms with E-state index in [0.29, 0.717) is 17.4 Å². The summed E-state index contributed by atoms with van der Waals surface area (Å²) in [6.45, 7) is 6.87. The summed E-state index contributed by atoms with van der Waals surface area (Å²) >= 11 is 0. The Morgan fingerprint density at radius 1 is 0.439 bits per heavy atom. The van der Waals surface area contributed by atoms with Gasteiger partial charge >= 0.3 is 13.8 Å². The van der Waals surface area contributed by atoms with Crippen LogP contribution in [0.2, 0.25) is 0 Å². The van der Waals surface area contributed by atoms with Crippen LogP contribution in [-0.2, 0) is 27.9 Å². The molecular formula is C72H132N2O7P+. The summed E-state index contributed by atoms with van der Waals surface area (Å²) in [6.07, 6.45) is 82.0. The molecular weight excluding hydrogens is 1040 g/mol. The number of esters is 1. The molecule has 0 aliphatic carbocycles. The van der Waals surface area contributed by atoms with Crippen molar-refractivity contribution >= 4 is 19.7 Å². The van der Waals surface area contributed by atoms with Gasteiger partial charge in [-0.1, -0.05) is 312 Å². The van der Waals surface area contributed by atoms with Crippen molar-refractivity contribution in [2.75, 3.05) is 40.9 Å². The monoisotopic (exact) mass is 1170 g/mol. The molecule has 0 fully saturated rings. The Labute approximate surface area is 507 Å². The second kappa shape index (κ2) is 61.3. The highest BCUT2D eigenvalue weighted by Crippen LogP contribution is 2.43. The van der Waals surface area contributed by atoms with E-state index < -0.39 is 20.0 Å². The van der Waals surface area contributed by atoms with Gasteiger partial charge < -0.3 is 19.4 Å². The van der Waals surface area contributed by atoms with Crippen molar-refractivity contribution in [1.82, 2.24) is 5.32 Å². The van der Waals surface area contributed by atoms with Crippen molar-refractivity contribution < 1.29 is 37.3 Å². The molecule has 0 saturated heterocycles. The maximum absolute atomic E-state index is 13.5. The lowest BCUT2D eigenvalue weighted by Crippen LogP contribution is -2.47. The molecule has 10 heteroatoms. The van der Waals surface area contributed by atoms with Gasteiger partial charge in [0.05, 0.1) is 33.8 Å². The molecule has 0 radical (unpaired) electrons. The summed E-state index contributed by atoms with van der Waals surface area (Å²) in [6, 6.07) is -0.891. The van der Waals surface area contributed by atoms with Gasteiger partial charge in [0.25, 0.3) is 0 Å². The molecule has 3 atom stereocenters. The van der Waals surface area contributed by atoms with E-state index in [2.05, 4.69) is 92.9 Å². The summed E-state index contributed by atoms with van der Waals surface area (Å²) in [5.41, 5.74) is 0. The average Bonchev–Trinajstić information content (AvgIpc) is 3.47. The number of unbranched alkanes of at least 4 members (excludes halogenated alkanes) is 34. The predicted molar refractivity (Wildman–Crippen MR) is 355 cm³/mol. The van der Waals surface area contributed by atoms with E-state index in [0.717, 1.165) is 77.0 Å². The van der Waals surface area contributed by atoms with Crippen LogP contribution in [0.1, 0.15) is 310 Å². The second-order valence-corrected chi connectivity index (χ2v) is 25.8. The van der Waals surface area contributed by atoms with E-state index in [1.165, 1.54) is 193 Å². The van der Waals surface area contributed by atoms with Crippen LogP contribution in [0.15, 0.2) is 85.1 Å². The molecule has 2 N–H and O–H groups in total. The summed E-state index contributed by atoms with van der Waals surface area (Å²) in [5.74, 6) is -0.595. The van der Waals surface area contributed by atoms with Crippen LogP contribution < -0.4 is 5.32 Å². The number of likely N-dealkylation sites (N-methyl/N-ethyl adjacent to an activating group) is 1. The first kappa shape index (κ1) is 79.2. The first-order valence-corrected chi connectivity index (χ1v) is 35.9. The fraction of sp³-hybridized carbons (Fsp3) is 0.778. The highest BCUT2D eigenvalue weighted by molar-refractivity contribution is 7.47. The van der Waals surface area contributed by atoms with Gasteiger partial charge in [0.1, 0.15) is 19.3 Å². The van der Waals surface area contributed by atoms with E-state index in [1.54, 1.807) is 0 Å². The molecule has 0 aromatic rings. The van der Waals surface area contributed by atoms with Gasteiger partial charge in [-0.15, -0.1) is 0 Å². The van der Waals surface area contributed by atoms with E-state index >= 15 is 0 Å². The van der Waals surface area contributed by atoms with Crippen molar-refractivity contribution in [2.24, 2.45) is 0 Å². The quantitative estimate of drug-likeness (QED) is 0.0205. The third-order valence-electron chi connectivity index (χ3n) is 15.1. The zero-order valence-electron chi connectivity index (χ0n) is 54.5.